The standard InChI is InChI=1S/C86H66BN3O/c1-5-6-38-66-80(67(57-32-16-9-17-33-57)54-70-65-41-24-27-44-79(65)91-85(66)70)81-77(89-74-42-25-22-39-63(74)64-40-23-26-43-75(64)89)48-46-71-83(81)88-73-52-62(86(2,3)4)53-78-82(73)87(71)72-51-60(55-28-12-7-13-29-55)45-47-76(72)90(78)84-68(58-34-18-10-19-35-58)49-61(56-30-14-8-15-31-56)50-69(84)59-36-20-11-21-37-59/h7-37,39-54,88H,5-6,38H2,1-4H3. The van der Waals surface area contributed by atoms with E-state index in [0.29, 0.717) is 0 Å². The summed E-state index contributed by atoms with van der Waals surface area (Å²) in [5.74, 6) is 0. The summed E-state index contributed by atoms with van der Waals surface area (Å²) in [5, 5.41) is 9.21. The van der Waals surface area contributed by atoms with Crippen molar-refractivity contribution in [1.29, 1.82) is 0 Å². The van der Waals surface area contributed by atoms with Gasteiger partial charge < -0.3 is 19.2 Å². The van der Waals surface area contributed by atoms with Gasteiger partial charge in [-0.25, -0.2) is 0 Å². The van der Waals surface area contributed by atoms with Gasteiger partial charge in [0.25, 0.3) is 6.71 Å². The summed E-state index contributed by atoms with van der Waals surface area (Å²) >= 11 is 0. The lowest BCUT2D eigenvalue weighted by molar-refractivity contribution is 0.591. The van der Waals surface area contributed by atoms with Crippen LogP contribution in [-0.2, 0) is 11.8 Å². The van der Waals surface area contributed by atoms with Gasteiger partial charge in [0.15, 0.2) is 0 Å². The van der Waals surface area contributed by atoms with E-state index in [1.54, 1.807) is 0 Å². The molecule has 1 N–H and O–H groups in total. The molecule has 13 aromatic carbocycles. The number of benzene rings is 13. The third-order valence-corrected chi connectivity index (χ3v) is 19.3. The Hall–Kier alpha value is -10.9. The zero-order chi connectivity index (χ0) is 60.9. The van der Waals surface area contributed by atoms with Crippen LogP contribution in [0.15, 0.2) is 290 Å². The van der Waals surface area contributed by atoms with E-state index in [-0.39, 0.29) is 12.1 Å². The van der Waals surface area contributed by atoms with Crippen LogP contribution in [0.5, 0.6) is 0 Å². The van der Waals surface area contributed by atoms with Crippen molar-refractivity contribution < 1.29 is 4.42 Å². The molecule has 0 aliphatic carbocycles. The van der Waals surface area contributed by atoms with Crippen LogP contribution < -0.4 is 26.6 Å². The molecule has 0 amide bonds. The molecule has 15 aromatic rings. The average molecular weight is 1170 g/mol. The van der Waals surface area contributed by atoms with Gasteiger partial charge in [0, 0.05) is 72.1 Å². The van der Waals surface area contributed by atoms with Crippen molar-refractivity contribution in [1.82, 2.24) is 4.57 Å². The molecule has 0 bridgehead atoms. The van der Waals surface area contributed by atoms with E-state index < -0.39 is 0 Å². The molecular weight excluding hydrogens is 1100 g/mol. The van der Waals surface area contributed by atoms with Gasteiger partial charge in [0.05, 0.1) is 22.4 Å². The summed E-state index contributed by atoms with van der Waals surface area (Å²) in [6.45, 7) is 9.19. The summed E-state index contributed by atoms with van der Waals surface area (Å²) in [5.41, 5.74) is 30.9. The first-order valence-electron chi connectivity index (χ1n) is 32.2. The third-order valence-electron chi connectivity index (χ3n) is 19.3. The molecule has 0 saturated carbocycles. The Kier molecular flexibility index (Phi) is 13.0. The highest BCUT2D eigenvalue weighted by Crippen LogP contribution is 2.54. The lowest BCUT2D eigenvalue weighted by Gasteiger charge is -2.44. The molecule has 0 spiro atoms. The molecule has 4 heterocycles. The van der Waals surface area contributed by atoms with Crippen LogP contribution in [-0.4, -0.2) is 11.3 Å². The van der Waals surface area contributed by atoms with E-state index in [4.69, 9.17) is 4.42 Å². The second-order valence-electron chi connectivity index (χ2n) is 25.8. The fraction of sp³-hybridized carbons (Fsp3) is 0.0930. The Morgan fingerprint density at radius 2 is 0.945 bits per heavy atom. The molecule has 2 aliphatic heterocycles. The quantitative estimate of drug-likeness (QED) is 0.131. The number of aromatic nitrogens is 1. The largest absolute Gasteiger partial charge is 0.456 e. The Morgan fingerprint density at radius 3 is 1.54 bits per heavy atom. The number of hydrogen-bond acceptors (Lipinski definition) is 3. The van der Waals surface area contributed by atoms with Gasteiger partial charge >= 0.3 is 0 Å². The van der Waals surface area contributed by atoms with E-state index in [1.807, 2.05) is 0 Å². The highest BCUT2D eigenvalue weighted by Gasteiger charge is 2.45. The highest BCUT2D eigenvalue weighted by molar-refractivity contribution is 7.00. The third kappa shape index (κ3) is 8.89. The minimum Gasteiger partial charge on any atom is -0.456 e. The van der Waals surface area contributed by atoms with Gasteiger partial charge in [0.2, 0.25) is 0 Å². The van der Waals surface area contributed by atoms with Crippen molar-refractivity contribution in [2.45, 2.75) is 52.4 Å². The van der Waals surface area contributed by atoms with Gasteiger partial charge in [-0.1, -0.05) is 259 Å². The summed E-state index contributed by atoms with van der Waals surface area (Å²) in [4.78, 5) is 2.65. The summed E-state index contributed by atoms with van der Waals surface area (Å²) in [7, 11) is 0. The number of rotatable bonds is 11. The predicted octanol–water partition coefficient (Wildman–Crippen LogP) is 21.7. The Labute approximate surface area is 532 Å². The maximum Gasteiger partial charge on any atom is 0.252 e. The van der Waals surface area contributed by atoms with E-state index in [2.05, 4.69) is 328 Å². The van der Waals surface area contributed by atoms with Crippen LogP contribution in [0.1, 0.15) is 51.7 Å². The number of hydrogen-bond donors (Lipinski definition) is 1. The SMILES string of the molecule is CCCCc1c(-c2c(-n3c4ccccc4c4ccccc43)ccc3c2Nc2cc(C(C)(C)C)cc4c2B3c2cc(-c3ccccc3)ccc2N4c2c(-c3ccccc3)cc(-c3ccccc3)cc2-c2ccccc2)c(-c2ccccc2)cc2c1oc1ccccc12. The second kappa shape index (κ2) is 21.7. The van der Waals surface area contributed by atoms with Gasteiger partial charge in [-0.05, 0) is 145 Å². The fourth-order valence-electron chi connectivity index (χ4n) is 15.0. The van der Waals surface area contributed by atoms with E-state index >= 15 is 0 Å². The molecule has 434 valence electrons. The lowest BCUT2D eigenvalue weighted by Crippen LogP contribution is -2.60. The molecule has 17 rings (SSSR count). The maximum atomic E-state index is 7.26. The van der Waals surface area contributed by atoms with Gasteiger partial charge in [0.1, 0.15) is 11.2 Å². The molecule has 2 aromatic heterocycles. The van der Waals surface area contributed by atoms with Crippen molar-refractivity contribution >= 4 is 95.3 Å². The minimum absolute atomic E-state index is 0.214. The van der Waals surface area contributed by atoms with Crippen LogP contribution in [0.25, 0.3) is 116 Å². The number of para-hydroxylation sites is 3. The van der Waals surface area contributed by atoms with E-state index in [9.17, 15) is 0 Å². The first-order chi connectivity index (χ1) is 44.8. The van der Waals surface area contributed by atoms with Crippen molar-refractivity contribution in [3.05, 3.63) is 296 Å². The highest BCUT2D eigenvalue weighted by atomic mass is 16.3. The van der Waals surface area contributed by atoms with Crippen molar-refractivity contribution in [3.63, 3.8) is 0 Å². The molecule has 0 atom stereocenters. The van der Waals surface area contributed by atoms with Crippen molar-refractivity contribution in [2.24, 2.45) is 0 Å². The number of nitrogens with one attached hydrogen (secondary N) is 1. The van der Waals surface area contributed by atoms with E-state index in [1.165, 1.54) is 71.7 Å². The molecule has 2 aliphatic rings. The Balaban J connectivity index is 1.04. The predicted molar refractivity (Wildman–Crippen MR) is 387 cm³/mol. The number of unbranched alkanes of at least 4 members (excludes halogenated alkanes) is 1. The summed E-state index contributed by atoms with van der Waals surface area (Å²) < 4.78 is 9.81. The molecule has 91 heavy (non-hydrogen) atoms. The average Bonchev–Trinajstić information content (AvgIpc) is 0.763. The summed E-state index contributed by atoms with van der Waals surface area (Å²) in [6.07, 6.45) is 2.84. The molecule has 0 radical (unpaired) electrons. The van der Waals surface area contributed by atoms with Crippen LogP contribution in [0, 0.1) is 0 Å². The first kappa shape index (κ1) is 54.3. The van der Waals surface area contributed by atoms with Crippen LogP contribution in [0.3, 0.4) is 0 Å². The number of fused-ring (bicyclic) bond motifs is 10. The zero-order valence-electron chi connectivity index (χ0n) is 51.6. The monoisotopic (exact) mass is 1170 g/mol. The van der Waals surface area contributed by atoms with Crippen LogP contribution >= 0.6 is 0 Å². The Morgan fingerprint density at radius 1 is 0.418 bits per heavy atom. The lowest BCUT2D eigenvalue weighted by atomic mass is 9.33. The normalized spacial score (nSPS) is 12.6. The fourth-order valence-corrected chi connectivity index (χ4v) is 15.0. The zero-order valence-corrected chi connectivity index (χ0v) is 51.6. The second-order valence-corrected chi connectivity index (χ2v) is 25.8. The topological polar surface area (TPSA) is 33.3 Å². The molecular formula is C86H66BN3O. The van der Waals surface area contributed by atoms with Crippen LogP contribution in [0.4, 0.5) is 28.4 Å². The molecule has 0 saturated heterocycles. The molecule has 4 nitrogen and oxygen atoms in total. The number of nitrogens with zero attached hydrogens (tertiary/aromatic N) is 2. The number of aryl methyl sites for hydroxylation is 1. The number of furan rings is 1. The van der Waals surface area contributed by atoms with Crippen molar-refractivity contribution in [2.75, 3.05) is 10.2 Å². The Bertz CT molecular complexity index is 5220. The molecule has 0 fully saturated rings. The molecule has 5 heteroatoms. The first-order valence-corrected chi connectivity index (χ1v) is 32.2. The van der Waals surface area contributed by atoms with Crippen LogP contribution in [0.2, 0.25) is 0 Å². The minimum atomic E-state index is -0.248. The van der Waals surface area contributed by atoms with Gasteiger partial charge in [-0.2, -0.15) is 0 Å². The summed E-state index contributed by atoms with van der Waals surface area (Å²) in [6, 6.07) is 106. The number of anilines is 5. The maximum absolute atomic E-state index is 7.26. The molecule has 0 unspecified atom stereocenters. The van der Waals surface area contributed by atoms with Gasteiger partial charge in [-0.15, -0.1) is 0 Å². The van der Waals surface area contributed by atoms with Crippen molar-refractivity contribution in [3.8, 4) is 72.4 Å². The smallest absolute Gasteiger partial charge is 0.252 e. The van der Waals surface area contributed by atoms with Gasteiger partial charge in [-0.3, -0.25) is 0 Å². The van der Waals surface area contributed by atoms with E-state index in [0.717, 1.165) is 120 Å².